The molecule has 3 N–H and O–H groups in total. The molecule has 9 nitrogen and oxygen atoms in total. The Morgan fingerprint density at radius 1 is 1.25 bits per heavy atom. The molecule has 0 aliphatic rings. The van der Waals surface area contributed by atoms with Crippen molar-refractivity contribution in [2.45, 2.75) is 19.8 Å². The largest absolute Gasteiger partial charge is 0.353 e. The second-order valence-electron chi connectivity index (χ2n) is 6.32. The van der Waals surface area contributed by atoms with Gasteiger partial charge in [0.25, 0.3) is 11.0 Å². The zero-order valence-electron chi connectivity index (χ0n) is 15.7. The molecule has 0 atom stereocenters. The lowest BCUT2D eigenvalue weighted by atomic mass is 10.1. The van der Waals surface area contributed by atoms with E-state index in [9.17, 15) is 14.9 Å². The summed E-state index contributed by atoms with van der Waals surface area (Å²) in [6.07, 6.45) is 1.42. The maximum absolute atomic E-state index is 12.5. The molecular formula is C19H23N5O4. The molecule has 1 amide bonds. The molecule has 3 rings (SSSR count). The summed E-state index contributed by atoms with van der Waals surface area (Å²) in [5, 5.41) is 17.2. The van der Waals surface area contributed by atoms with Gasteiger partial charge in [-0.15, -0.1) is 10.1 Å². The zero-order chi connectivity index (χ0) is 19.9. The number of benzene rings is 1. The quantitative estimate of drug-likeness (QED) is 0.279. The molecular weight excluding hydrogens is 362 g/mol. The Balaban J connectivity index is 1.59. The number of hydrogen-bond acceptors (Lipinski definition) is 6. The van der Waals surface area contributed by atoms with E-state index in [0.29, 0.717) is 31.7 Å². The molecule has 3 aromatic rings. The molecule has 0 bridgehead atoms. The SMILES string of the molecule is CCc1nc(C(=O)NCCCNCCO[N+](=O)[O-])cc2c1[nH]c1ccccc12. The Morgan fingerprint density at radius 3 is 2.86 bits per heavy atom. The van der Waals surface area contributed by atoms with Crippen molar-refractivity contribution in [1.29, 1.82) is 0 Å². The number of aryl methyl sites for hydroxylation is 1. The first-order valence-electron chi connectivity index (χ1n) is 9.26. The lowest BCUT2D eigenvalue weighted by Crippen LogP contribution is -2.29. The van der Waals surface area contributed by atoms with Crippen molar-refractivity contribution >= 4 is 27.7 Å². The minimum absolute atomic E-state index is 0.00765. The van der Waals surface area contributed by atoms with Crippen LogP contribution >= 0.6 is 0 Å². The highest BCUT2D eigenvalue weighted by Crippen LogP contribution is 2.27. The van der Waals surface area contributed by atoms with E-state index in [2.05, 4.69) is 25.4 Å². The van der Waals surface area contributed by atoms with Crippen LogP contribution in [-0.2, 0) is 11.3 Å². The summed E-state index contributed by atoms with van der Waals surface area (Å²) in [5.41, 5.74) is 3.27. The van der Waals surface area contributed by atoms with Gasteiger partial charge < -0.3 is 20.5 Å². The number of aromatic nitrogens is 2. The van der Waals surface area contributed by atoms with Gasteiger partial charge in [0.15, 0.2) is 0 Å². The maximum atomic E-state index is 12.5. The first-order valence-corrected chi connectivity index (χ1v) is 9.26. The Bertz CT molecular complexity index is 985. The Labute approximate surface area is 161 Å². The van der Waals surface area contributed by atoms with Crippen molar-refractivity contribution in [3.05, 3.63) is 51.8 Å². The van der Waals surface area contributed by atoms with Gasteiger partial charge in [0.1, 0.15) is 12.3 Å². The number of H-pyrrole nitrogens is 1. The van der Waals surface area contributed by atoms with Crippen LogP contribution in [0.15, 0.2) is 30.3 Å². The molecule has 148 valence electrons. The van der Waals surface area contributed by atoms with Gasteiger partial charge in [-0.25, -0.2) is 4.98 Å². The van der Waals surface area contributed by atoms with E-state index in [1.807, 2.05) is 37.3 Å². The van der Waals surface area contributed by atoms with E-state index >= 15 is 0 Å². The van der Waals surface area contributed by atoms with Crippen LogP contribution in [0, 0.1) is 10.1 Å². The van der Waals surface area contributed by atoms with Gasteiger partial charge in [-0.1, -0.05) is 25.1 Å². The van der Waals surface area contributed by atoms with Crippen molar-refractivity contribution in [2.75, 3.05) is 26.2 Å². The van der Waals surface area contributed by atoms with Crippen LogP contribution in [0.1, 0.15) is 29.5 Å². The highest BCUT2D eigenvalue weighted by molar-refractivity contribution is 6.10. The smallest absolute Gasteiger partial charge is 0.294 e. The number of nitrogens with zero attached hydrogens (tertiary/aromatic N) is 2. The number of nitrogens with one attached hydrogen (secondary N) is 3. The molecule has 9 heteroatoms. The van der Waals surface area contributed by atoms with E-state index < -0.39 is 5.09 Å². The molecule has 0 aliphatic carbocycles. The monoisotopic (exact) mass is 385 g/mol. The zero-order valence-corrected chi connectivity index (χ0v) is 15.7. The fourth-order valence-corrected chi connectivity index (χ4v) is 3.11. The molecule has 0 aliphatic heterocycles. The Kier molecular flexibility index (Phi) is 6.38. The highest BCUT2D eigenvalue weighted by Gasteiger charge is 2.14. The summed E-state index contributed by atoms with van der Waals surface area (Å²) in [4.78, 5) is 34.7. The van der Waals surface area contributed by atoms with Gasteiger partial charge in [-0.05, 0) is 31.5 Å². The molecule has 0 saturated carbocycles. The van der Waals surface area contributed by atoms with E-state index in [1.54, 1.807) is 0 Å². The molecule has 0 fully saturated rings. The number of rotatable bonds is 10. The number of carbonyl (C=O) groups excluding carboxylic acids is 1. The van der Waals surface area contributed by atoms with Crippen LogP contribution in [0.4, 0.5) is 0 Å². The van der Waals surface area contributed by atoms with Gasteiger partial charge in [0.2, 0.25) is 0 Å². The second-order valence-corrected chi connectivity index (χ2v) is 6.32. The third kappa shape index (κ3) is 4.55. The van der Waals surface area contributed by atoms with Crippen LogP contribution in [0.2, 0.25) is 0 Å². The average molecular weight is 385 g/mol. The first kappa shape index (κ1) is 19.6. The topological polar surface area (TPSA) is 122 Å². The van der Waals surface area contributed by atoms with Gasteiger partial charge in [0.05, 0.1) is 11.2 Å². The fraction of sp³-hybridized carbons (Fsp3) is 0.368. The Hall–Kier alpha value is -3.20. The summed E-state index contributed by atoms with van der Waals surface area (Å²) >= 11 is 0. The highest BCUT2D eigenvalue weighted by atomic mass is 16.9. The molecule has 0 spiro atoms. The summed E-state index contributed by atoms with van der Waals surface area (Å²) in [6, 6.07) is 9.82. The van der Waals surface area contributed by atoms with E-state index in [1.165, 1.54) is 0 Å². The molecule has 0 radical (unpaired) electrons. The lowest BCUT2D eigenvalue weighted by molar-refractivity contribution is -0.757. The summed E-state index contributed by atoms with van der Waals surface area (Å²) in [5.74, 6) is -0.210. The number of para-hydroxylation sites is 1. The van der Waals surface area contributed by atoms with Crippen LogP contribution in [0.3, 0.4) is 0 Å². The fourth-order valence-electron chi connectivity index (χ4n) is 3.11. The maximum Gasteiger partial charge on any atom is 0.294 e. The summed E-state index contributed by atoms with van der Waals surface area (Å²) in [6.45, 7) is 3.51. The number of hydrogen-bond donors (Lipinski definition) is 3. The molecule has 1 aromatic carbocycles. The predicted molar refractivity (Wildman–Crippen MR) is 106 cm³/mol. The molecule has 28 heavy (non-hydrogen) atoms. The molecule has 2 heterocycles. The second kappa shape index (κ2) is 9.14. The molecule has 0 unspecified atom stereocenters. The van der Waals surface area contributed by atoms with Crippen molar-refractivity contribution in [3.8, 4) is 0 Å². The number of carbonyl (C=O) groups is 1. The number of pyridine rings is 1. The normalized spacial score (nSPS) is 11.0. The minimum Gasteiger partial charge on any atom is -0.353 e. The summed E-state index contributed by atoms with van der Waals surface area (Å²) in [7, 11) is 0. The van der Waals surface area contributed by atoms with Crippen LogP contribution < -0.4 is 10.6 Å². The van der Waals surface area contributed by atoms with Crippen molar-refractivity contribution < 1.29 is 14.7 Å². The van der Waals surface area contributed by atoms with Crippen molar-refractivity contribution in [3.63, 3.8) is 0 Å². The van der Waals surface area contributed by atoms with Gasteiger partial charge in [-0.3, -0.25) is 4.79 Å². The van der Waals surface area contributed by atoms with Gasteiger partial charge in [-0.2, -0.15) is 0 Å². The number of amides is 1. The standard InChI is InChI=1S/C19H23N5O4/c1-2-15-18-14(13-6-3-4-7-16(13)23-18)12-17(22-15)19(25)21-9-5-8-20-10-11-28-24(26)27/h3-4,6-7,12,20,23H,2,5,8-11H2,1H3,(H,21,25). The average Bonchev–Trinajstić information content (AvgIpc) is 3.07. The molecule has 0 saturated heterocycles. The van der Waals surface area contributed by atoms with Crippen LogP contribution in [0.25, 0.3) is 21.8 Å². The van der Waals surface area contributed by atoms with Crippen LogP contribution in [0.5, 0.6) is 0 Å². The van der Waals surface area contributed by atoms with E-state index in [0.717, 1.165) is 33.9 Å². The lowest BCUT2D eigenvalue weighted by Gasteiger charge is -2.08. The number of aromatic amines is 1. The predicted octanol–water partition coefficient (Wildman–Crippen LogP) is 2.20. The van der Waals surface area contributed by atoms with Gasteiger partial charge in [0, 0.05) is 29.4 Å². The van der Waals surface area contributed by atoms with E-state index in [4.69, 9.17) is 0 Å². The van der Waals surface area contributed by atoms with Crippen molar-refractivity contribution in [1.82, 2.24) is 20.6 Å². The molecule has 2 aromatic heterocycles. The third-order valence-corrected chi connectivity index (χ3v) is 4.43. The van der Waals surface area contributed by atoms with Crippen LogP contribution in [-0.4, -0.2) is 47.2 Å². The van der Waals surface area contributed by atoms with E-state index in [-0.39, 0.29) is 12.5 Å². The summed E-state index contributed by atoms with van der Waals surface area (Å²) < 4.78 is 0. The number of fused-ring (bicyclic) bond motifs is 3. The Morgan fingerprint density at radius 2 is 2.07 bits per heavy atom. The van der Waals surface area contributed by atoms with Crippen molar-refractivity contribution in [2.24, 2.45) is 0 Å². The minimum atomic E-state index is -0.815. The third-order valence-electron chi connectivity index (χ3n) is 4.43. The first-order chi connectivity index (χ1) is 13.6. The van der Waals surface area contributed by atoms with Gasteiger partial charge >= 0.3 is 0 Å².